The van der Waals surface area contributed by atoms with Crippen LogP contribution < -0.4 is 5.32 Å². The summed E-state index contributed by atoms with van der Waals surface area (Å²) < 4.78 is 14.3. The van der Waals surface area contributed by atoms with Gasteiger partial charge >= 0.3 is 0 Å². The Morgan fingerprint density at radius 2 is 1.82 bits per heavy atom. The zero-order valence-corrected chi connectivity index (χ0v) is 16.7. The van der Waals surface area contributed by atoms with Gasteiger partial charge in [-0.15, -0.1) is 0 Å². The maximum absolute atomic E-state index is 14.3. The molecule has 7 heteroatoms. The summed E-state index contributed by atoms with van der Waals surface area (Å²) in [5, 5.41) is 14.7. The second-order valence-corrected chi connectivity index (χ2v) is 8.41. The van der Waals surface area contributed by atoms with E-state index in [-0.39, 0.29) is 30.4 Å². The number of rotatable bonds is 4. The van der Waals surface area contributed by atoms with Crippen molar-refractivity contribution in [1.82, 2.24) is 4.90 Å². The summed E-state index contributed by atoms with van der Waals surface area (Å²) in [6.07, 6.45) is 2.59. The molecule has 0 spiro atoms. The molecule has 0 saturated carbocycles. The molecule has 1 amide bonds. The molecular formula is C21H21Cl2FN2O2. The lowest BCUT2D eigenvalue weighted by molar-refractivity contribution is -0.121. The van der Waals surface area contributed by atoms with Crippen molar-refractivity contribution in [3.63, 3.8) is 0 Å². The predicted molar refractivity (Wildman–Crippen MR) is 108 cm³/mol. The van der Waals surface area contributed by atoms with E-state index in [0.717, 1.165) is 12.8 Å². The number of hydrogen-bond donors (Lipinski definition) is 2. The molecule has 0 aromatic heterocycles. The summed E-state index contributed by atoms with van der Waals surface area (Å²) in [6, 6.07) is 11.5. The van der Waals surface area contributed by atoms with Gasteiger partial charge in [-0.3, -0.25) is 9.69 Å². The highest BCUT2D eigenvalue weighted by molar-refractivity contribution is 6.44. The number of piperidine rings is 1. The molecule has 28 heavy (non-hydrogen) atoms. The minimum absolute atomic E-state index is 0.0314. The fourth-order valence-corrected chi connectivity index (χ4v) is 4.94. The molecule has 2 aliphatic rings. The maximum Gasteiger partial charge on any atom is 0.238 e. The minimum Gasteiger partial charge on any atom is -0.385 e. The Hall–Kier alpha value is -1.66. The van der Waals surface area contributed by atoms with E-state index in [9.17, 15) is 14.3 Å². The number of benzene rings is 2. The molecule has 2 aromatic carbocycles. The summed E-state index contributed by atoms with van der Waals surface area (Å²) in [6.45, 7) is 0.200. The first kappa shape index (κ1) is 19.6. The molecule has 2 bridgehead atoms. The van der Waals surface area contributed by atoms with Crippen molar-refractivity contribution in [1.29, 1.82) is 0 Å². The zero-order valence-electron chi connectivity index (χ0n) is 15.2. The normalized spacial score (nSPS) is 27.0. The molecule has 2 N–H and O–H groups in total. The van der Waals surface area contributed by atoms with Gasteiger partial charge in [0, 0.05) is 17.6 Å². The van der Waals surface area contributed by atoms with Crippen LogP contribution in [0.25, 0.3) is 0 Å². The largest absolute Gasteiger partial charge is 0.385 e. The van der Waals surface area contributed by atoms with Gasteiger partial charge in [-0.1, -0.05) is 47.5 Å². The summed E-state index contributed by atoms with van der Waals surface area (Å²) >= 11 is 12.1. The molecule has 2 heterocycles. The number of nitrogens with zero attached hydrogens (tertiary/aromatic N) is 1. The van der Waals surface area contributed by atoms with Crippen molar-refractivity contribution in [2.45, 2.75) is 43.4 Å². The van der Waals surface area contributed by atoms with E-state index in [1.165, 1.54) is 6.07 Å². The Kier molecular flexibility index (Phi) is 5.36. The Morgan fingerprint density at radius 3 is 2.50 bits per heavy atom. The van der Waals surface area contributed by atoms with Gasteiger partial charge in [0.2, 0.25) is 5.91 Å². The van der Waals surface area contributed by atoms with Gasteiger partial charge in [0.1, 0.15) is 5.82 Å². The Bertz CT molecular complexity index is 894. The van der Waals surface area contributed by atoms with Crippen LogP contribution in [0, 0.1) is 5.82 Å². The molecule has 148 valence electrons. The molecule has 0 aliphatic carbocycles. The SMILES string of the molecule is O=C(CN1[C@@H]2CC[C@H]1CC(O)(c1ccccc1F)C2)Nc1cccc(Cl)c1Cl. The first-order valence-electron chi connectivity index (χ1n) is 9.34. The summed E-state index contributed by atoms with van der Waals surface area (Å²) in [7, 11) is 0. The smallest absolute Gasteiger partial charge is 0.238 e. The molecular weight excluding hydrogens is 402 g/mol. The number of nitrogens with one attached hydrogen (secondary N) is 1. The lowest BCUT2D eigenvalue weighted by Crippen LogP contribution is -2.52. The number of halogens is 3. The van der Waals surface area contributed by atoms with Crippen LogP contribution in [-0.2, 0) is 10.4 Å². The molecule has 3 atom stereocenters. The van der Waals surface area contributed by atoms with Gasteiger partial charge in [0.15, 0.2) is 0 Å². The molecule has 0 radical (unpaired) electrons. The van der Waals surface area contributed by atoms with Crippen LogP contribution in [0.15, 0.2) is 42.5 Å². The molecule has 2 aromatic rings. The van der Waals surface area contributed by atoms with Crippen molar-refractivity contribution >= 4 is 34.8 Å². The van der Waals surface area contributed by atoms with Crippen LogP contribution in [-0.4, -0.2) is 34.5 Å². The molecule has 4 nitrogen and oxygen atoms in total. The van der Waals surface area contributed by atoms with Crippen LogP contribution in [0.1, 0.15) is 31.2 Å². The molecule has 2 fully saturated rings. The average molecular weight is 423 g/mol. The van der Waals surface area contributed by atoms with E-state index in [4.69, 9.17) is 23.2 Å². The van der Waals surface area contributed by atoms with Gasteiger partial charge in [0.05, 0.1) is 27.9 Å². The summed E-state index contributed by atoms with van der Waals surface area (Å²) in [5.74, 6) is -0.566. The lowest BCUT2D eigenvalue weighted by atomic mass is 9.80. The third-order valence-electron chi connectivity index (χ3n) is 5.84. The van der Waals surface area contributed by atoms with Crippen molar-refractivity contribution in [3.05, 3.63) is 63.9 Å². The molecule has 1 unspecified atom stereocenters. The number of carbonyl (C=O) groups is 1. The summed E-state index contributed by atoms with van der Waals surface area (Å²) in [5.41, 5.74) is -0.367. The quantitative estimate of drug-likeness (QED) is 0.757. The van der Waals surface area contributed by atoms with Crippen LogP contribution in [0.5, 0.6) is 0 Å². The maximum atomic E-state index is 14.3. The number of carbonyl (C=O) groups excluding carboxylic acids is 1. The topological polar surface area (TPSA) is 52.6 Å². The highest BCUT2D eigenvalue weighted by atomic mass is 35.5. The number of fused-ring (bicyclic) bond motifs is 2. The van der Waals surface area contributed by atoms with E-state index in [1.54, 1.807) is 36.4 Å². The number of amides is 1. The van der Waals surface area contributed by atoms with E-state index in [2.05, 4.69) is 10.2 Å². The van der Waals surface area contributed by atoms with Crippen molar-refractivity contribution in [3.8, 4) is 0 Å². The van der Waals surface area contributed by atoms with E-state index >= 15 is 0 Å². The van der Waals surface area contributed by atoms with Gasteiger partial charge in [-0.25, -0.2) is 4.39 Å². The van der Waals surface area contributed by atoms with Crippen LogP contribution in [0.3, 0.4) is 0 Å². The van der Waals surface area contributed by atoms with Gasteiger partial charge in [0.25, 0.3) is 0 Å². The van der Waals surface area contributed by atoms with Crippen molar-refractivity contribution in [2.24, 2.45) is 0 Å². The average Bonchev–Trinajstić information content (AvgIpc) is 2.89. The molecule has 2 aliphatic heterocycles. The van der Waals surface area contributed by atoms with Crippen LogP contribution in [0.4, 0.5) is 10.1 Å². The highest BCUT2D eigenvalue weighted by Gasteiger charge is 2.49. The summed E-state index contributed by atoms with van der Waals surface area (Å²) in [4.78, 5) is 14.7. The molecule has 4 rings (SSSR count). The number of aliphatic hydroxyl groups is 1. The van der Waals surface area contributed by atoms with Crippen LogP contribution >= 0.6 is 23.2 Å². The predicted octanol–water partition coefficient (Wildman–Crippen LogP) is 4.59. The zero-order chi connectivity index (χ0) is 19.9. The number of hydrogen-bond acceptors (Lipinski definition) is 3. The third-order valence-corrected chi connectivity index (χ3v) is 6.66. The monoisotopic (exact) mass is 422 g/mol. The van der Waals surface area contributed by atoms with E-state index < -0.39 is 5.60 Å². The minimum atomic E-state index is -1.19. The fourth-order valence-electron chi connectivity index (χ4n) is 4.59. The van der Waals surface area contributed by atoms with Gasteiger partial charge in [-0.05, 0) is 43.9 Å². The Morgan fingerprint density at radius 1 is 1.14 bits per heavy atom. The van der Waals surface area contributed by atoms with Crippen molar-refractivity contribution in [2.75, 3.05) is 11.9 Å². The second-order valence-electron chi connectivity index (χ2n) is 7.63. The standard InChI is InChI=1S/C21H21Cl2FN2O2/c22-16-5-3-7-18(20(16)23)25-19(27)12-26-13-8-9-14(26)11-21(28,10-13)15-4-1-2-6-17(15)24/h1-7,13-14,28H,8-12H2,(H,25,27)/t13-,14+,21?. The lowest BCUT2D eigenvalue weighted by Gasteiger charge is -2.43. The van der Waals surface area contributed by atoms with Crippen molar-refractivity contribution < 1.29 is 14.3 Å². The van der Waals surface area contributed by atoms with Crippen LogP contribution in [0.2, 0.25) is 10.0 Å². The first-order valence-corrected chi connectivity index (χ1v) is 10.1. The Labute approximate surface area is 173 Å². The Balaban J connectivity index is 1.46. The van der Waals surface area contributed by atoms with Gasteiger partial charge in [-0.2, -0.15) is 0 Å². The fraction of sp³-hybridized carbons (Fsp3) is 0.381. The van der Waals surface area contributed by atoms with Gasteiger partial charge < -0.3 is 10.4 Å². The first-order chi connectivity index (χ1) is 13.4. The molecule has 2 saturated heterocycles. The van der Waals surface area contributed by atoms with E-state index in [0.29, 0.717) is 34.1 Å². The second kappa shape index (κ2) is 7.64. The third kappa shape index (κ3) is 3.64. The number of anilines is 1. The van der Waals surface area contributed by atoms with E-state index in [1.807, 2.05) is 0 Å². The highest BCUT2D eigenvalue weighted by Crippen LogP contribution is 2.46.